The molecular formula is C7H6N4O4S2. The summed E-state index contributed by atoms with van der Waals surface area (Å²) in [6, 6.07) is 0. The van der Waals surface area contributed by atoms with E-state index in [4.69, 9.17) is 5.11 Å². The molecule has 10 heteroatoms. The number of H-pyrrole nitrogens is 1. The molecule has 0 saturated carbocycles. The van der Waals surface area contributed by atoms with E-state index in [0.29, 0.717) is 0 Å². The molecule has 0 aliphatic carbocycles. The van der Waals surface area contributed by atoms with Crippen LogP contribution in [-0.4, -0.2) is 34.7 Å². The van der Waals surface area contributed by atoms with Crippen LogP contribution in [0.15, 0.2) is 22.1 Å². The molecule has 0 bridgehead atoms. The molecule has 90 valence electrons. The van der Waals surface area contributed by atoms with Gasteiger partial charge in [0, 0.05) is 6.20 Å². The van der Waals surface area contributed by atoms with Gasteiger partial charge >= 0.3 is 5.97 Å². The number of aromatic nitrogens is 3. The second-order valence-corrected chi connectivity index (χ2v) is 5.62. The summed E-state index contributed by atoms with van der Waals surface area (Å²) in [6.07, 6.45) is 2.60. The SMILES string of the molecule is O=C(O)c1ncsc1S(=O)(=O)Nc1cn[nH]c1. The summed E-state index contributed by atoms with van der Waals surface area (Å²) in [4.78, 5) is 14.3. The predicted octanol–water partition coefficient (Wildman–Crippen LogP) is 0.365. The van der Waals surface area contributed by atoms with Crippen molar-refractivity contribution in [3.05, 3.63) is 23.6 Å². The molecule has 2 aromatic rings. The van der Waals surface area contributed by atoms with E-state index in [0.717, 1.165) is 16.8 Å². The van der Waals surface area contributed by atoms with Crippen molar-refractivity contribution in [2.24, 2.45) is 0 Å². The van der Waals surface area contributed by atoms with Crippen molar-refractivity contribution >= 4 is 33.0 Å². The smallest absolute Gasteiger partial charge is 0.356 e. The molecule has 0 fully saturated rings. The average Bonchev–Trinajstić information content (AvgIpc) is 2.84. The van der Waals surface area contributed by atoms with Gasteiger partial charge in [0.25, 0.3) is 10.0 Å². The molecule has 0 spiro atoms. The number of carboxylic acid groups (broad SMARTS) is 1. The van der Waals surface area contributed by atoms with Crippen molar-refractivity contribution in [3.8, 4) is 0 Å². The van der Waals surface area contributed by atoms with E-state index in [1.54, 1.807) is 0 Å². The first kappa shape index (κ1) is 11.5. The Balaban J connectivity index is 2.38. The molecule has 0 radical (unpaired) electrons. The first-order valence-corrected chi connectivity index (χ1v) is 6.55. The minimum Gasteiger partial charge on any atom is -0.476 e. The van der Waals surface area contributed by atoms with Gasteiger partial charge in [-0.25, -0.2) is 18.2 Å². The number of sulfonamides is 1. The number of hydrogen-bond donors (Lipinski definition) is 3. The Kier molecular flexibility index (Phi) is 2.81. The predicted molar refractivity (Wildman–Crippen MR) is 58.5 cm³/mol. The first-order chi connectivity index (χ1) is 8.00. The Morgan fingerprint density at radius 2 is 2.29 bits per heavy atom. The molecule has 8 nitrogen and oxygen atoms in total. The molecule has 0 aliphatic heterocycles. The van der Waals surface area contributed by atoms with Crippen LogP contribution in [0.2, 0.25) is 0 Å². The number of carboxylic acids is 1. The van der Waals surface area contributed by atoms with Gasteiger partial charge in [0.1, 0.15) is 0 Å². The average molecular weight is 274 g/mol. The molecule has 2 rings (SSSR count). The van der Waals surface area contributed by atoms with Crippen LogP contribution in [0, 0.1) is 0 Å². The van der Waals surface area contributed by atoms with Gasteiger partial charge in [-0.3, -0.25) is 9.82 Å². The molecule has 0 amide bonds. The number of aromatic amines is 1. The topological polar surface area (TPSA) is 125 Å². The molecule has 0 unspecified atom stereocenters. The maximum Gasteiger partial charge on any atom is 0.356 e. The number of anilines is 1. The molecule has 3 N–H and O–H groups in total. The highest BCUT2D eigenvalue weighted by Crippen LogP contribution is 2.22. The van der Waals surface area contributed by atoms with Gasteiger partial charge in [-0.15, -0.1) is 11.3 Å². The van der Waals surface area contributed by atoms with Crippen LogP contribution < -0.4 is 4.72 Å². The van der Waals surface area contributed by atoms with Crippen molar-refractivity contribution in [3.63, 3.8) is 0 Å². The number of aromatic carboxylic acids is 1. The van der Waals surface area contributed by atoms with E-state index in [1.165, 1.54) is 12.4 Å². The van der Waals surface area contributed by atoms with Gasteiger partial charge < -0.3 is 5.11 Å². The van der Waals surface area contributed by atoms with Crippen LogP contribution in [0.3, 0.4) is 0 Å². The number of thiazole rings is 1. The van der Waals surface area contributed by atoms with Gasteiger partial charge in [0.15, 0.2) is 9.90 Å². The Hall–Kier alpha value is -1.94. The third-order valence-corrected chi connectivity index (χ3v) is 4.48. The quantitative estimate of drug-likeness (QED) is 0.739. The lowest BCUT2D eigenvalue weighted by molar-refractivity contribution is 0.0687. The summed E-state index contributed by atoms with van der Waals surface area (Å²) in [5, 5.41) is 14.8. The molecule has 0 saturated heterocycles. The van der Waals surface area contributed by atoms with E-state index in [9.17, 15) is 13.2 Å². The summed E-state index contributed by atoms with van der Waals surface area (Å²) in [5.41, 5.74) is 0.883. The van der Waals surface area contributed by atoms with Crippen LogP contribution in [0.1, 0.15) is 10.5 Å². The van der Waals surface area contributed by atoms with E-state index < -0.39 is 21.7 Å². The fraction of sp³-hybridized carbons (Fsp3) is 0. The number of nitrogens with zero attached hydrogens (tertiary/aromatic N) is 2. The van der Waals surface area contributed by atoms with Gasteiger partial charge in [-0.05, 0) is 0 Å². The fourth-order valence-corrected chi connectivity index (χ4v) is 3.25. The van der Waals surface area contributed by atoms with Gasteiger partial charge in [0.2, 0.25) is 0 Å². The molecule has 0 aliphatic rings. The lowest BCUT2D eigenvalue weighted by Gasteiger charge is -2.03. The number of rotatable bonds is 4. The lowest BCUT2D eigenvalue weighted by atomic mass is 10.5. The highest BCUT2D eigenvalue weighted by Gasteiger charge is 2.25. The third-order valence-electron chi connectivity index (χ3n) is 1.73. The maximum absolute atomic E-state index is 11.8. The van der Waals surface area contributed by atoms with E-state index in [1.807, 2.05) is 0 Å². The van der Waals surface area contributed by atoms with Gasteiger partial charge in [-0.2, -0.15) is 5.10 Å². The van der Waals surface area contributed by atoms with Crippen molar-refractivity contribution in [2.45, 2.75) is 4.21 Å². The number of carbonyl (C=O) groups is 1. The summed E-state index contributed by atoms with van der Waals surface area (Å²) >= 11 is 0.734. The summed E-state index contributed by atoms with van der Waals surface area (Å²) in [7, 11) is -3.95. The standard InChI is InChI=1S/C7H6N4O4S2/c12-6(13)5-7(16-3-8-5)17(14,15)11-4-1-9-10-2-4/h1-3,11H,(H,9,10)(H,12,13). The van der Waals surface area contributed by atoms with E-state index >= 15 is 0 Å². The molecule has 0 atom stereocenters. The maximum atomic E-state index is 11.8. The van der Waals surface area contributed by atoms with Crippen molar-refractivity contribution in [1.29, 1.82) is 0 Å². The van der Waals surface area contributed by atoms with Crippen molar-refractivity contribution in [2.75, 3.05) is 4.72 Å². The highest BCUT2D eigenvalue weighted by molar-refractivity contribution is 7.94. The molecule has 2 heterocycles. The van der Waals surface area contributed by atoms with Crippen LogP contribution in [0.25, 0.3) is 0 Å². The molecule has 2 aromatic heterocycles. The normalized spacial score (nSPS) is 11.3. The zero-order valence-corrected chi connectivity index (χ0v) is 9.75. The Morgan fingerprint density at radius 1 is 1.53 bits per heavy atom. The molecular weight excluding hydrogens is 268 g/mol. The van der Waals surface area contributed by atoms with Gasteiger partial charge in [0.05, 0.1) is 17.4 Å². The van der Waals surface area contributed by atoms with Gasteiger partial charge in [-0.1, -0.05) is 0 Å². The van der Waals surface area contributed by atoms with Crippen molar-refractivity contribution in [1.82, 2.24) is 15.2 Å². The minimum absolute atomic E-state index is 0.217. The van der Waals surface area contributed by atoms with Crippen LogP contribution >= 0.6 is 11.3 Å². The minimum atomic E-state index is -3.95. The largest absolute Gasteiger partial charge is 0.476 e. The Morgan fingerprint density at radius 3 is 2.88 bits per heavy atom. The monoisotopic (exact) mass is 274 g/mol. The zero-order valence-electron chi connectivity index (χ0n) is 8.11. The van der Waals surface area contributed by atoms with E-state index in [2.05, 4.69) is 19.9 Å². The number of hydrogen-bond acceptors (Lipinski definition) is 6. The zero-order chi connectivity index (χ0) is 12.5. The van der Waals surface area contributed by atoms with E-state index in [-0.39, 0.29) is 9.90 Å². The lowest BCUT2D eigenvalue weighted by Crippen LogP contribution is -2.14. The Bertz CT molecular complexity index is 631. The second kappa shape index (κ2) is 4.14. The second-order valence-electron chi connectivity index (χ2n) is 2.89. The van der Waals surface area contributed by atoms with Crippen molar-refractivity contribution < 1.29 is 18.3 Å². The molecule has 17 heavy (non-hydrogen) atoms. The van der Waals surface area contributed by atoms with Crippen LogP contribution in [0.4, 0.5) is 5.69 Å². The fourth-order valence-electron chi connectivity index (χ4n) is 1.08. The summed E-state index contributed by atoms with van der Waals surface area (Å²) in [5.74, 6) is -1.39. The van der Waals surface area contributed by atoms with Crippen LogP contribution in [0.5, 0.6) is 0 Å². The first-order valence-electron chi connectivity index (χ1n) is 4.19. The van der Waals surface area contributed by atoms with Crippen LogP contribution in [-0.2, 0) is 10.0 Å². The highest BCUT2D eigenvalue weighted by atomic mass is 32.2. The number of nitrogens with one attached hydrogen (secondary N) is 2. The Labute approximate surface area is 99.4 Å². The molecule has 0 aromatic carbocycles. The third kappa shape index (κ3) is 2.26. The summed E-state index contributed by atoms with van der Waals surface area (Å²) < 4.78 is 25.5. The summed E-state index contributed by atoms with van der Waals surface area (Å²) in [6.45, 7) is 0.